The Labute approximate surface area is 150 Å². The molecule has 3 atom stereocenters. The standard InChI is InChI=1S/C20H19FO5/c21-18-12-11-16(26-20(23)15-9-5-2-6-10-15)17(25-18)13-24-19(22)14-7-3-1-4-8-14/h1-10,16-18H,11-13H2/t16-,17+,18-/m0/s1. The highest BCUT2D eigenvalue weighted by Crippen LogP contribution is 2.24. The highest BCUT2D eigenvalue weighted by molar-refractivity contribution is 5.90. The van der Waals surface area contributed by atoms with Gasteiger partial charge in [0, 0.05) is 6.42 Å². The fourth-order valence-corrected chi connectivity index (χ4v) is 2.70. The third kappa shape index (κ3) is 4.67. The average molecular weight is 358 g/mol. The van der Waals surface area contributed by atoms with Crippen LogP contribution in [0.25, 0.3) is 0 Å². The first-order chi connectivity index (χ1) is 12.6. The second-order valence-electron chi connectivity index (χ2n) is 5.94. The molecule has 26 heavy (non-hydrogen) atoms. The summed E-state index contributed by atoms with van der Waals surface area (Å²) in [7, 11) is 0. The molecule has 1 saturated heterocycles. The topological polar surface area (TPSA) is 61.8 Å². The maximum absolute atomic E-state index is 13.6. The van der Waals surface area contributed by atoms with Gasteiger partial charge in [0.1, 0.15) is 18.8 Å². The van der Waals surface area contributed by atoms with Crippen LogP contribution in [-0.2, 0) is 14.2 Å². The molecular formula is C20H19FO5. The Hall–Kier alpha value is -2.73. The molecule has 0 radical (unpaired) electrons. The van der Waals surface area contributed by atoms with Gasteiger partial charge in [-0.05, 0) is 30.7 Å². The average Bonchev–Trinajstić information content (AvgIpc) is 2.69. The van der Waals surface area contributed by atoms with Crippen molar-refractivity contribution in [3.05, 3.63) is 71.8 Å². The van der Waals surface area contributed by atoms with Gasteiger partial charge in [-0.2, -0.15) is 0 Å². The number of hydrogen-bond donors (Lipinski definition) is 0. The summed E-state index contributed by atoms with van der Waals surface area (Å²) in [6.07, 6.45) is -2.58. The maximum atomic E-state index is 13.6. The monoisotopic (exact) mass is 358 g/mol. The van der Waals surface area contributed by atoms with Crippen LogP contribution in [0, 0.1) is 0 Å². The quantitative estimate of drug-likeness (QED) is 0.765. The van der Waals surface area contributed by atoms with Crippen molar-refractivity contribution in [3.63, 3.8) is 0 Å². The van der Waals surface area contributed by atoms with E-state index in [9.17, 15) is 14.0 Å². The Morgan fingerprint density at radius 2 is 1.50 bits per heavy atom. The summed E-state index contributed by atoms with van der Waals surface area (Å²) >= 11 is 0. The van der Waals surface area contributed by atoms with Crippen LogP contribution in [0.1, 0.15) is 33.6 Å². The molecule has 1 aliphatic rings. The zero-order valence-corrected chi connectivity index (χ0v) is 14.0. The Bertz CT molecular complexity index is 734. The largest absolute Gasteiger partial charge is 0.459 e. The van der Waals surface area contributed by atoms with E-state index >= 15 is 0 Å². The number of benzene rings is 2. The van der Waals surface area contributed by atoms with Crippen molar-refractivity contribution in [1.29, 1.82) is 0 Å². The normalized spacial score (nSPS) is 22.4. The van der Waals surface area contributed by atoms with Crippen molar-refractivity contribution in [3.8, 4) is 0 Å². The fourth-order valence-electron chi connectivity index (χ4n) is 2.70. The lowest BCUT2D eigenvalue weighted by Gasteiger charge is -2.32. The minimum absolute atomic E-state index is 0.121. The van der Waals surface area contributed by atoms with E-state index in [2.05, 4.69) is 0 Å². The molecule has 0 spiro atoms. The number of esters is 2. The summed E-state index contributed by atoms with van der Waals surface area (Å²) in [4.78, 5) is 24.3. The summed E-state index contributed by atoms with van der Waals surface area (Å²) < 4.78 is 29.5. The van der Waals surface area contributed by atoms with E-state index in [0.29, 0.717) is 17.5 Å². The van der Waals surface area contributed by atoms with E-state index in [1.165, 1.54) is 0 Å². The van der Waals surface area contributed by atoms with Gasteiger partial charge in [-0.3, -0.25) is 0 Å². The number of carbonyl (C=O) groups excluding carboxylic acids is 2. The zero-order chi connectivity index (χ0) is 18.4. The molecule has 0 N–H and O–H groups in total. The number of hydrogen-bond acceptors (Lipinski definition) is 5. The lowest BCUT2D eigenvalue weighted by atomic mass is 10.1. The number of alkyl halides is 1. The van der Waals surface area contributed by atoms with Crippen molar-refractivity contribution in [2.75, 3.05) is 6.61 Å². The lowest BCUT2D eigenvalue weighted by Crippen LogP contribution is -2.43. The molecule has 6 heteroatoms. The summed E-state index contributed by atoms with van der Waals surface area (Å²) in [6, 6.07) is 17.0. The third-order valence-corrected chi connectivity index (χ3v) is 4.07. The Kier molecular flexibility index (Phi) is 5.96. The van der Waals surface area contributed by atoms with Crippen LogP contribution in [0.3, 0.4) is 0 Å². The molecule has 1 fully saturated rings. The van der Waals surface area contributed by atoms with Gasteiger partial charge >= 0.3 is 11.9 Å². The van der Waals surface area contributed by atoms with Crippen molar-refractivity contribution in [2.45, 2.75) is 31.4 Å². The summed E-state index contributed by atoms with van der Waals surface area (Å²) in [6.45, 7) is -0.194. The van der Waals surface area contributed by atoms with Gasteiger partial charge in [0.15, 0.2) is 6.36 Å². The van der Waals surface area contributed by atoms with Crippen LogP contribution in [-0.4, -0.2) is 37.1 Å². The first-order valence-electron chi connectivity index (χ1n) is 8.41. The maximum Gasteiger partial charge on any atom is 0.338 e. The van der Waals surface area contributed by atoms with E-state index in [-0.39, 0.29) is 13.0 Å². The van der Waals surface area contributed by atoms with Crippen molar-refractivity contribution >= 4 is 11.9 Å². The van der Waals surface area contributed by atoms with Gasteiger partial charge in [0.2, 0.25) is 0 Å². The first-order valence-corrected chi connectivity index (χ1v) is 8.41. The Balaban J connectivity index is 1.61. The van der Waals surface area contributed by atoms with Gasteiger partial charge in [-0.1, -0.05) is 36.4 Å². The number of rotatable bonds is 5. The highest BCUT2D eigenvalue weighted by atomic mass is 19.1. The summed E-state index contributed by atoms with van der Waals surface area (Å²) in [5.41, 5.74) is 0.785. The third-order valence-electron chi connectivity index (χ3n) is 4.07. The lowest BCUT2D eigenvalue weighted by molar-refractivity contribution is -0.177. The predicted octanol–water partition coefficient (Wildman–Crippen LogP) is 3.54. The minimum atomic E-state index is -1.47. The molecule has 5 nitrogen and oxygen atoms in total. The number of ether oxygens (including phenoxy) is 3. The van der Waals surface area contributed by atoms with Gasteiger partial charge in [-0.25, -0.2) is 14.0 Å². The van der Waals surface area contributed by atoms with Gasteiger partial charge in [0.25, 0.3) is 0 Å². The van der Waals surface area contributed by atoms with Gasteiger partial charge in [0.05, 0.1) is 11.1 Å². The van der Waals surface area contributed by atoms with E-state index in [1.807, 2.05) is 0 Å². The smallest absolute Gasteiger partial charge is 0.338 e. The van der Waals surface area contributed by atoms with Crippen LogP contribution in [0.5, 0.6) is 0 Å². The molecular weight excluding hydrogens is 339 g/mol. The van der Waals surface area contributed by atoms with Crippen molar-refractivity contribution < 1.29 is 28.2 Å². The van der Waals surface area contributed by atoms with Crippen molar-refractivity contribution in [2.24, 2.45) is 0 Å². The van der Waals surface area contributed by atoms with Crippen LogP contribution in [0.4, 0.5) is 4.39 Å². The molecule has 0 saturated carbocycles. The molecule has 0 aliphatic carbocycles. The molecule has 2 aromatic carbocycles. The van der Waals surface area contributed by atoms with E-state index in [1.54, 1.807) is 60.7 Å². The fraction of sp³-hybridized carbons (Fsp3) is 0.300. The molecule has 2 aromatic rings. The molecule has 3 rings (SSSR count). The summed E-state index contributed by atoms with van der Waals surface area (Å²) in [5, 5.41) is 0. The molecule has 0 unspecified atom stereocenters. The number of carbonyl (C=O) groups is 2. The van der Waals surface area contributed by atoms with Crippen LogP contribution in [0.2, 0.25) is 0 Å². The van der Waals surface area contributed by atoms with Gasteiger partial charge in [-0.15, -0.1) is 0 Å². The van der Waals surface area contributed by atoms with E-state index in [0.717, 1.165) is 0 Å². The predicted molar refractivity (Wildman–Crippen MR) is 91.4 cm³/mol. The second kappa shape index (κ2) is 8.58. The molecule has 0 amide bonds. The van der Waals surface area contributed by atoms with Crippen molar-refractivity contribution in [1.82, 2.24) is 0 Å². The molecule has 1 aliphatic heterocycles. The van der Waals surface area contributed by atoms with Crippen LogP contribution < -0.4 is 0 Å². The molecule has 136 valence electrons. The highest BCUT2D eigenvalue weighted by Gasteiger charge is 2.35. The van der Waals surface area contributed by atoms with Gasteiger partial charge < -0.3 is 14.2 Å². The van der Waals surface area contributed by atoms with E-state index in [4.69, 9.17) is 14.2 Å². The number of halogens is 1. The first kappa shape index (κ1) is 18.1. The molecule has 1 heterocycles. The van der Waals surface area contributed by atoms with Crippen LogP contribution >= 0.6 is 0 Å². The second-order valence-corrected chi connectivity index (χ2v) is 5.94. The Morgan fingerprint density at radius 3 is 2.12 bits per heavy atom. The molecule has 0 bridgehead atoms. The summed E-state index contributed by atoms with van der Waals surface area (Å²) in [5.74, 6) is -1.06. The minimum Gasteiger partial charge on any atom is -0.459 e. The molecule has 0 aromatic heterocycles. The Morgan fingerprint density at radius 1 is 0.923 bits per heavy atom. The van der Waals surface area contributed by atoms with Crippen LogP contribution in [0.15, 0.2) is 60.7 Å². The van der Waals surface area contributed by atoms with E-state index < -0.39 is 30.5 Å². The zero-order valence-electron chi connectivity index (χ0n) is 14.0. The SMILES string of the molecule is O=C(OC[C@H]1O[C@H](F)CC[C@@H]1OC(=O)c1ccccc1)c1ccccc1.